The van der Waals surface area contributed by atoms with Crippen LogP contribution in [0.2, 0.25) is 0 Å². The highest BCUT2D eigenvalue weighted by Crippen LogP contribution is 2.36. The molecular weight excluding hydrogens is 403 g/mol. The van der Waals surface area contributed by atoms with Gasteiger partial charge in [-0.05, 0) is 45.4 Å². The number of guanidine groups is 1. The first-order valence-corrected chi connectivity index (χ1v) is 8.73. The summed E-state index contributed by atoms with van der Waals surface area (Å²) < 4.78 is 0. The van der Waals surface area contributed by atoms with E-state index in [-0.39, 0.29) is 29.9 Å². The zero-order valence-corrected chi connectivity index (χ0v) is 17.4. The Morgan fingerprint density at radius 1 is 1.22 bits per heavy atom. The van der Waals surface area contributed by atoms with Crippen molar-refractivity contribution in [3.05, 3.63) is 0 Å². The lowest BCUT2D eigenvalue weighted by atomic mass is 9.82. The molecule has 2 rings (SSSR count). The van der Waals surface area contributed by atoms with Gasteiger partial charge in [0.15, 0.2) is 5.96 Å². The van der Waals surface area contributed by atoms with Crippen molar-refractivity contribution in [3.8, 4) is 0 Å². The molecule has 2 atom stereocenters. The molecule has 0 spiro atoms. The van der Waals surface area contributed by atoms with Crippen LogP contribution in [0.15, 0.2) is 4.99 Å². The molecule has 2 N–H and O–H groups in total. The van der Waals surface area contributed by atoms with E-state index in [0.717, 1.165) is 37.4 Å². The minimum Gasteiger partial charge on any atom is -0.359 e. The van der Waals surface area contributed by atoms with Crippen molar-refractivity contribution in [1.82, 2.24) is 15.5 Å². The van der Waals surface area contributed by atoms with E-state index in [1.807, 2.05) is 13.8 Å². The van der Waals surface area contributed by atoms with Crippen molar-refractivity contribution in [2.45, 2.75) is 46.5 Å². The Hall–Kier alpha value is -0.530. The summed E-state index contributed by atoms with van der Waals surface area (Å²) in [4.78, 5) is 19.1. The van der Waals surface area contributed by atoms with Gasteiger partial charge in [-0.2, -0.15) is 0 Å². The van der Waals surface area contributed by atoms with Crippen LogP contribution in [-0.4, -0.2) is 50.0 Å². The van der Waals surface area contributed by atoms with Gasteiger partial charge in [-0.3, -0.25) is 9.79 Å². The van der Waals surface area contributed by atoms with Crippen LogP contribution in [-0.2, 0) is 4.79 Å². The lowest BCUT2D eigenvalue weighted by Crippen LogP contribution is -2.42. The SMILES string of the molecule is CCNC(=NCC(C)(C)C(=O)NC)N1CC2CCCCC2C1.I. The Bertz CT molecular complexity index is 411. The number of likely N-dealkylation sites (tertiary alicyclic amines) is 1. The number of amides is 1. The molecule has 134 valence electrons. The molecule has 5 nitrogen and oxygen atoms in total. The molecule has 2 aliphatic rings. The zero-order valence-electron chi connectivity index (χ0n) is 15.0. The van der Waals surface area contributed by atoms with Crippen molar-refractivity contribution in [1.29, 1.82) is 0 Å². The monoisotopic (exact) mass is 436 g/mol. The second-order valence-electron chi connectivity index (χ2n) is 7.34. The normalized spacial score (nSPS) is 24.7. The fourth-order valence-corrected chi connectivity index (χ4v) is 3.69. The van der Waals surface area contributed by atoms with Crippen LogP contribution in [0.3, 0.4) is 0 Å². The summed E-state index contributed by atoms with van der Waals surface area (Å²) in [6.07, 6.45) is 5.49. The summed E-state index contributed by atoms with van der Waals surface area (Å²) >= 11 is 0. The van der Waals surface area contributed by atoms with Gasteiger partial charge in [0.1, 0.15) is 0 Å². The molecule has 0 aromatic rings. The first-order valence-electron chi connectivity index (χ1n) is 8.73. The summed E-state index contributed by atoms with van der Waals surface area (Å²) in [5.41, 5.74) is -0.470. The highest BCUT2D eigenvalue weighted by molar-refractivity contribution is 14.0. The van der Waals surface area contributed by atoms with Crippen LogP contribution in [0.5, 0.6) is 0 Å². The minimum absolute atomic E-state index is 0. The van der Waals surface area contributed by atoms with Crippen LogP contribution in [0.25, 0.3) is 0 Å². The molecule has 1 aliphatic heterocycles. The number of nitrogens with zero attached hydrogens (tertiary/aromatic N) is 2. The van der Waals surface area contributed by atoms with Gasteiger partial charge >= 0.3 is 0 Å². The van der Waals surface area contributed by atoms with Gasteiger partial charge in [-0.15, -0.1) is 24.0 Å². The second-order valence-corrected chi connectivity index (χ2v) is 7.34. The second kappa shape index (κ2) is 9.08. The fourth-order valence-electron chi connectivity index (χ4n) is 3.69. The van der Waals surface area contributed by atoms with Gasteiger partial charge in [-0.25, -0.2) is 0 Å². The summed E-state index contributed by atoms with van der Waals surface area (Å²) in [5, 5.41) is 6.14. The third-order valence-corrected chi connectivity index (χ3v) is 5.08. The number of hydrogen-bond acceptors (Lipinski definition) is 2. The van der Waals surface area contributed by atoms with Crippen molar-refractivity contribution in [2.75, 3.05) is 33.2 Å². The molecule has 1 saturated carbocycles. The van der Waals surface area contributed by atoms with E-state index >= 15 is 0 Å². The molecule has 0 aromatic heterocycles. The maximum Gasteiger partial charge on any atom is 0.227 e. The zero-order chi connectivity index (χ0) is 16.2. The van der Waals surface area contributed by atoms with E-state index in [1.165, 1.54) is 25.7 Å². The molecule has 2 unspecified atom stereocenters. The van der Waals surface area contributed by atoms with Crippen LogP contribution in [0, 0.1) is 17.3 Å². The highest BCUT2D eigenvalue weighted by Gasteiger charge is 2.36. The third kappa shape index (κ3) is 5.22. The molecule has 0 aromatic carbocycles. The molecule has 2 fully saturated rings. The number of fused-ring (bicyclic) bond motifs is 1. The smallest absolute Gasteiger partial charge is 0.227 e. The standard InChI is InChI=1S/C17H32N4O.HI/c1-5-19-16(20-12-17(2,3)15(22)18-4)21-10-13-8-6-7-9-14(13)11-21;/h13-14H,5-12H2,1-4H3,(H,18,22)(H,19,20);1H. The number of hydrogen-bond donors (Lipinski definition) is 2. The lowest BCUT2D eigenvalue weighted by Gasteiger charge is -2.25. The first-order chi connectivity index (χ1) is 10.5. The molecule has 0 radical (unpaired) electrons. The Morgan fingerprint density at radius 3 is 2.26 bits per heavy atom. The van der Waals surface area contributed by atoms with E-state index in [1.54, 1.807) is 7.05 Å². The van der Waals surface area contributed by atoms with Crippen LogP contribution < -0.4 is 10.6 Å². The highest BCUT2D eigenvalue weighted by atomic mass is 127. The van der Waals surface area contributed by atoms with E-state index in [4.69, 9.17) is 4.99 Å². The molecule has 23 heavy (non-hydrogen) atoms. The summed E-state index contributed by atoms with van der Waals surface area (Å²) in [6, 6.07) is 0. The van der Waals surface area contributed by atoms with Crippen LogP contribution in [0.4, 0.5) is 0 Å². The molecule has 1 heterocycles. The third-order valence-electron chi connectivity index (χ3n) is 5.08. The van der Waals surface area contributed by atoms with Crippen molar-refractivity contribution in [3.63, 3.8) is 0 Å². The number of halogens is 1. The topological polar surface area (TPSA) is 56.7 Å². The summed E-state index contributed by atoms with van der Waals surface area (Å²) in [5.74, 6) is 2.70. The average Bonchev–Trinajstić information content (AvgIpc) is 2.94. The molecule has 1 amide bonds. The molecule has 0 bridgehead atoms. The maximum absolute atomic E-state index is 11.9. The quantitative estimate of drug-likeness (QED) is 0.405. The van der Waals surface area contributed by atoms with Gasteiger partial charge in [0.05, 0.1) is 12.0 Å². The Kier molecular flexibility index (Phi) is 8.10. The number of carbonyl (C=O) groups excluding carboxylic acids is 1. The van der Waals surface area contributed by atoms with E-state index in [0.29, 0.717) is 6.54 Å². The van der Waals surface area contributed by atoms with Crippen molar-refractivity contribution in [2.24, 2.45) is 22.2 Å². The summed E-state index contributed by atoms with van der Waals surface area (Å²) in [6.45, 7) is 9.62. The number of carbonyl (C=O) groups is 1. The predicted octanol–water partition coefficient (Wildman–Crippen LogP) is 2.46. The molecule has 6 heteroatoms. The van der Waals surface area contributed by atoms with Gasteiger partial charge in [0.25, 0.3) is 0 Å². The van der Waals surface area contributed by atoms with Crippen molar-refractivity contribution >= 4 is 35.8 Å². The molecule has 1 aliphatic carbocycles. The number of rotatable bonds is 4. The Balaban J connectivity index is 0.00000264. The number of nitrogens with one attached hydrogen (secondary N) is 2. The molecular formula is C17H33IN4O. The minimum atomic E-state index is -0.470. The largest absolute Gasteiger partial charge is 0.359 e. The van der Waals surface area contributed by atoms with Gasteiger partial charge < -0.3 is 15.5 Å². The first kappa shape index (κ1) is 20.5. The van der Waals surface area contributed by atoms with Crippen molar-refractivity contribution < 1.29 is 4.79 Å². The van der Waals surface area contributed by atoms with Gasteiger partial charge in [0, 0.05) is 26.7 Å². The Labute approximate surface area is 158 Å². The predicted molar refractivity (Wildman–Crippen MR) is 106 cm³/mol. The van der Waals surface area contributed by atoms with E-state index < -0.39 is 5.41 Å². The average molecular weight is 436 g/mol. The molecule has 1 saturated heterocycles. The summed E-state index contributed by atoms with van der Waals surface area (Å²) in [7, 11) is 1.68. The Morgan fingerprint density at radius 2 is 1.78 bits per heavy atom. The van der Waals surface area contributed by atoms with Crippen LogP contribution in [0.1, 0.15) is 46.5 Å². The van der Waals surface area contributed by atoms with E-state index in [9.17, 15) is 4.79 Å². The van der Waals surface area contributed by atoms with E-state index in [2.05, 4.69) is 22.5 Å². The fraction of sp³-hybridized carbons (Fsp3) is 0.882. The number of aliphatic imine (C=N–C) groups is 1. The maximum atomic E-state index is 11.9. The lowest BCUT2D eigenvalue weighted by molar-refractivity contribution is -0.128. The van der Waals surface area contributed by atoms with Gasteiger partial charge in [-0.1, -0.05) is 12.8 Å². The van der Waals surface area contributed by atoms with Crippen LogP contribution >= 0.6 is 24.0 Å². The van der Waals surface area contributed by atoms with Gasteiger partial charge in [0.2, 0.25) is 5.91 Å².